The van der Waals surface area contributed by atoms with Crippen molar-refractivity contribution in [1.29, 1.82) is 0 Å². The van der Waals surface area contributed by atoms with E-state index >= 15 is 0 Å². The summed E-state index contributed by atoms with van der Waals surface area (Å²) in [6.45, 7) is 1.64. The molecule has 0 fully saturated rings. The average molecular weight is 248 g/mol. The minimum absolute atomic E-state index is 0.0159. The Morgan fingerprint density at radius 3 is 2.53 bits per heavy atom. The van der Waals surface area contributed by atoms with E-state index in [0.717, 1.165) is 11.3 Å². The number of hydrogen-bond acceptors (Lipinski definition) is 6. The second-order valence-corrected chi connectivity index (χ2v) is 5.80. The Morgan fingerprint density at radius 2 is 2.07 bits per heavy atom. The fourth-order valence-electron chi connectivity index (χ4n) is 1.04. The van der Waals surface area contributed by atoms with E-state index in [1.54, 1.807) is 6.92 Å². The summed E-state index contributed by atoms with van der Waals surface area (Å²) in [7, 11) is -3.71. The lowest BCUT2D eigenvalue weighted by atomic mass is 10.3. The van der Waals surface area contributed by atoms with Gasteiger partial charge in [-0.3, -0.25) is 0 Å². The van der Waals surface area contributed by atoms with Gasteiger partial charge in [0.05, 0.1) is 6.20 Å². The van der Waals surface area contributed by atoms with Crippen LogP contribution in [0, 0.1) is 0 Å². The molecular weight excluding hydrogens is 240 g/mol. The van der Waals surface area contributed by atoms with E-state index in [1.165, 1.54) is 18.7 Å². The van der Waals surface area contributed by atoms with E-state index in [9.17, 15) is 8.42 Å². The molecule has 0 saturated carbocycles. The second kappa shape index (κ2) is 3.19. The maximum atomic E-state index is 11.0. The van der Waals surface area contributed by atoms with Crippen LogP contribution in [0.1, 0.15) is 11.9 Å². The lowest BCUT2D eigenvalue weighted by Crippen LogP contribution is -2.21. The molecule has 0 bridgehead atoms. The molecule has 0 spiro atoms. The lowest BCUT2D eigenvalue weighted by Gasteiger charge is -2.19. The molecule has 0 unspecified atom stereocenters. The van der Waals surface area contributed by atoms with Crippen LogP contribution < -0.4 is 5.14 Å². The molecule has 1 aromatic heterocycles. The van der Waals surface area contributed by atoms with Crippen molar-refractivity contribution in [3.05, 3.63) is 23.7 Å². The van der Waals surface area contributed by atoms with Gasteiger partial charge in [0, 0.05) is 6.92 Å². The Morgan fingerprint density at radius 1 is 1.47 bits per heavy atom. The molecule has 2 rings (SSSR count). The number of ether oxygens (including phenoxy) is 2. The van der Waals surface area contributed by atoms with Crippen molar-refractivity contribution >= 4 is 21.4 Å². The third kappa shape index (κ3) is 1.83. The van der Waals surface area contributed by atoms with Gasteiger partial charge in [-0.15, -0.1) is 0 Å². The fourth-order valence-corrected chi connectivity index (χ4v) is 2.63. The summed E-state index contributed by atoms with van der Waals surface area (Å²) < 4.78 is 32.3. The predicted molar refractivity (Wildman–Crippen MR) is 52.1 cm³/mol. The molecule has 15 heavy (non-hydrogen) atoms. The first kappa shape index (κ1) is 10.4. The van der Waals surface area contributed by atoms with Crippen LogP contribution in [0.3, 0.4) is 0 Å². The second-order valence-electron chi connectivity index (χ2n) is 2.98. The third-order valence-electron chi connectivity index (χ3n) is 1.79. The van der Waals surface area contributed by atoms with Crippen molar-refractivity contribution in [2.24, 2.45) is 5.14 Å². The van der Waals surface area contributed by atoms with Gasteiger partial charge >= 0.3 is 5.79 Å². The highest BCUT2D eigenvalue weighted by Crippen LogP contribution is 2.34. The molecule has 2 N–H and O–H groups in total. The monoisotopic (exact) mass is 248 g/mol. The predicted octanol–water partition coefficient (Wildman–Crippen LogP) is 0.481. The molecule has 0 aliphatic carbocycles. The molecule has 0 saturated heterocycles. The van der Waals surface area contributed by atoms with Gasteiger partial charge < -0.3 is 9.47 Å². The highest BCUT2D eigenvalue weighted by atomic mass is 32.2. The van der Waals surface area contributed by atoms with Crippen LogP contribution in [-0.2, 0) is 25.3 Å². The topological polar surface area (TPSA) is 91.5 Å². The van der Waals surface area contributed by atoms with Gasteiger partial charge in [-0.25, -0.2) is 18.5 Å². The Hall–Kier alpha value is -1.12. The van der Waals surface area contributed by atoms with Crippen LogP contribution in [-0.4, -0.2) is 13.4 Å². The van der Waals surface area contributed by atoms with Crippen LogP contribution in [0.2, 0.25) is 0 Å². The van der Waals surface area contributed by atoms with Crippen LogP contribution in [0.15, 0.2) is 22.9 Å². The molecule has 0 atom stereocenters. The zero-order valence-electron chi connectivity index (χ0n) is 7.71. The molecule has 1 aromatic rings. The average Bonchev–Trinajstić information content (AvgIpc) is 2.69. The standard InChI is InChI=1S/C7H8N2O4S2/c1-7(12-2-3-13-7)6-9-4-5(14-6)15(8,10)11/h2-4H,1H3,(H2,8,10,11). The molecule has 0 amide bonds. The number of nitrogens with zero attached hydrogens (tertiary/aromatic N) is 1. The molecule has 2 heterocycles. The summed E-state index contributed by atoms with van der Waals surface area (Å²) in [6, 6.07) is 0. The summed E-state index contributed by atoms with van der Waals surface area (Å²) in [5, 5.41) is 5.36. The molecule has 6 nitrogen and oxygen atoms in total. The molecule has 8 heteroatoms. The van der Waals surface area contributed by atoms with Gasteiger partial charge in [-0.1, -0.05) is 11.3 Å². The maximum absolute atomic E-state index is 11.0. The van der Waals surface area contributed by atoms with E-state index in [-0.39, 0.29) is 4.21 Å². The van der Waals surface area contributed by atoms with Crippen molar-refractivity contribution < 1.29 is 17.9 Å². The summed E-state index contributed by atoms with van der Waals surface area (Å²) in [5.41, 5.74) is 0. The Labute approximate surface area is 90.4 Å². The van der Waals surface area contributed by atoms with Gasteiger partial charge in [-0.2, -0.15) is 0 Å². The van der Waals surface area contributed by atoms with E-state index in [0.29, 0.717) is 5.01 Å². The zero-order chi connectivity index (χ0) is 11.1. The van der Waals surface area contributed by atoms with E-state index in [2.05, 4.69) is 4.98 Å². The smallest absolute Gasteiger partial charge is 0.300 e. The number of sulfonamides is 1. The van der Waals surface area contributed by atoms with Crippen molar-refractivity contribution in [2.75, 3.05) is 0 Å². The first-order chi connectivity index (χ1) is 6.92. The largest absolute Gasteiger partial charge is 0.451 e. The molecule has 1 aliphatic heterocycles. The molecular formula is C7H8N2O4S2. The molecule has 82 valence electrons. The zero-order valence-corrected chi connectivity index (χ0v) is 9.34. The minimum atomic E-state index is -3.71. The highest BCUT2D eigenvalue weighted by molar-refractivity contribution is 7.91. The molecule has 1 aliphatic rings. The highest BCUT2D eigenvalue weighted by Gasteiger charge is 2.36. The summed E-state index contributed by atoms with van der Waals surface area (Å²) in [4.78, 5) is 3.91. The SMILES string of the molecule is CC1(c2ncc(S(N)(=O)=O)s2)OC=CO1. The summed E-state index contributed by atoms with van der Waals surface area (Å²) in [6.07, 6.45) is 3.93. The molecule has 0 aromatic carbocycles. The lowest BCUT2D eigenvalue weighted by molar-refractivity contribution is -0.133. The van der Waals surface area contributed by atoms with Crippen molar-refractivity contribution in [1.82, 2.24) is 4.98 Å². The van der Waals surface area contributed by atoms with Crippen LogP contribution in [0.5, 0.6) is 0 Å². The number of rotatable bonds is 2. The summed E-state index contributed by atoms with van der Waals surface area (Å²) in [5.74, 6) is -1.05. The Balaban J connectivity index is 2.36. The van der Waals surface area contributed by atoms with Gasteiger partial charge in [0.1, 0.15) is 12.5 Å². The normalized spacial score (nSPS) is 18.5. The van der Waals surface area contributed by atoms with Crippen molar-refractivity contribution in [3.63, 3.8) is 0 Å². The maximum Gasteiger partial charge on any atom is 0.300 e. The number of hydrogen-bond donors (Lipinski definition) is 1. The van der Waals surface area contributed by atoms with Crippen molar-refractivity contribution in [2.45, 2.75) is 16.9 Å². The number of primary sulfonamides is 1. The number of nitrogens with two attached hydrogens (primary N) is 1. The quantitative estimate of drug-likeness (QED) is 0.822. The number of thiazole rings is 1. The van der Waals surface area contributed by atoms with Gasteiger partial charge in [-0.05, 0) is 0 Å². The van der Waals surface area contributed by atoms with Crippen LogP contribution >= 0.6 is 11.3 Å². The van der Waals surface area contributed by atoms with Crippen molar-refractivity contribution in [3.8, 4) is 0 Å². The first-order valence-electron chi connectivity index (χ1n) is 3.91. The van der Waals surface area contributed by atoms with E-state index in [4.69, 9.17) is 14.6 Å². The Kier molecular flexibility index (Phi) is 2.21. The molecule has 0 radical (unpaired) electrons. The number of aromatic nitrogens is 1. The van der Waals surface area contributed by atoms with Gasteiger partial charge in [0.25, 0.3) is 0 Å². The van der Waals surface area contributed by atoms with Gasteiger partial charge in [0.2, 0.25) is 10.0 Å². The summed E-state index contributed by atoms with van der Waals surface area (Å²) >= 11 is 0.922. The minimum Gasteiger partial charge on any atom is -0.451 e. The van der Waals surface area contributed by atoms with E-state index in [1.807, 2.05) is 0 Å². The van der Waals surface area contributed by atoms with E-state index < -0.39 is 15.8 Å². The Bertz CT molecular complexity index is 497. The van der Waals surface area contributed by atoms with Crippen LogP contribution in [0.4, 0.5) is 0 Å². The third-order valence-corrected chi connectivity index (χ3v) is 4.38. The van der Waals surface area contributed by atoms with Gasteiger partial charge in [0.15, 0.2) is 9.22 Å². The first-order valence-corrected chi connectivity index (χ1v) is 6.28. The van der Waals surface area contributed by atoms with Crippen LogP contribution in [0.25, 0.3) is 0 Å². The fraction of sp³-hybridized carbons (Fsp3) is 0.286.